The predicted octanol–water partition coefficient (Wildman–Crippen LogP) is 0.373. The summed E-state index contributed by atoms with van der Waals surface area (Å²) >= 11 is 0. The smallest absolute Gasteiger partial charge is 0.273 e. The number of hydrogen-bond acceptors (Lipinski definition) is 4. The molecule has 2 aromatic rings. The third-order valence-corrected chi connectivity index (χ3v) is 4.10. The fourth-order valence-electron chi connectivity index (χ4n) is 2.89. The Labute approximate surface area is 132 Å². The standard InChI is InChI=1S/C16H19N3O4/c1-10(13-7-4-8-23-13)17-14(20)9-19-16(22)12-6-3-2-5-11(12)15(21)18-19/h2-3,5-6,10,13H,4,7-9H2,1H3,(H,17,20)(H,18,21)/t10-,13+/m0/s1. The van der Waals surface area contributed by atoms with Gasteiger partial charge in [0.05, 0.1) is 22.9 Å². The lowest BCUT2D eigenvalue weighted by Crippen LogP contribution is -2.44. The van der Waals surface area contributed by atoms with Gasteiger partial charge in [-0.1, -0.05) is 12.1 Å². The normalized spacial score (nSPS) is 18.9. The highest BCUT2D eigenvalue weighted by atomic mass is 16.5. The number of carbonyl (C=O) groups is 1. The van der Waals surface area contributed by atoms with Crippen molar-refractivity contribution in [3.8, 4) is 0 Å². The van der Waals surface area contributed by atoms with E-state index in [-0.39, 0.29) is 35.7 Å². The molecule has 2 atom stereocenters. The molecule has 7 nitrogen and oxygen atoms in total. The van der Waals surface area contributed by atoms with E-state index in [1.165, 1.54) is 0 Å². The monoisotopic (exact) mass is 317 g/mol. The molecule has 1 aliphatic heterocycles. The summed E-state index contributed by atoms with van der Waals surface area (Å²) < 4.78 is 6.57. The summed E-state index contributed by atoms with van der Waals surface area (Å²) in [7, 11) is 0. The number of rotatable bonds is 4. The molecule has 3 rings (SSSR count). The summed E-state index contributed by atoms with van der Waals surface area (Å²) in [5.41, 5.74) is -0.778. The van der Waals surface area contributed by atoms with Crippen LogP contribution >= 0.6 is 0 Å². The minimum atomic E-state index is -0.389. The molecule has 1 saturated heterocycles. The second-order valence-corrected chi connectivity index (χ2v) is 5.79. The number of benzene rings is 1. The Morgan fingerprint density at radius 3 is 2.83 bits per heavy atom. The number of hydrogen-bond donors (Lipinski definition) is 2. The zero-order chi connectivity index (χ0) is 16.4. The molecule has 0 radical (unpaired) electrons. The van der Waals surface area contributed by atoms with Crippen LogP contribution in [0.2, 0.25) is 0 Å². The number of aromatic nitrogens is 2. The van der Waals surface area contributed by atoms with E-state index in [0.29, 0.717) is 17.4 Å². The highest BCUT2D eigenvalue weighted by molar-refractivity contribution is 5.81. The van der Waals surface area contributed by atoms with E-state index < -0.39 is 0 Å². The molecule has 1 aromatic carbocycles. The number of carbonyl (C=O) groups excluding carboxylic acids is 1. The van der Waals surface area contributed by atoms with Crippen molar-refractivity contribution in [2.45, 2.75) is 38.5 Å². The molecule has 122 valence electrons. The highest BCUT2D eigenvalue weighted by Gasteiger charge is 2.23. The van der Waals surface area contributed by atoms with Crippen LogP contribution in [0.1, 0.15) is 19.8 Å². The maximum Gasteiger partial charge on any atom is 0.273 e. The molecule has 0 saturated carbocycles. The third kappa shape index (κ3) is 3.19. The van der Waals surface area contributed by atoms with E-state index >= 15 is 0 Å². The fraction of sp³-hybridized carbons (Fsp3) is 0.438. The molecular weight excluding hydrogens is 298 g/mol. The molecule has 1 fully saturated rings. The van der Waals surface area contributed by atoms with E-state index in [1.54, 1.807) is 24.3 Å². The van der Waals surface area contributed by atoms with E-state index in [0.717, 1.165) is 17.5 Å². The third-order valence-electron chi connectivity index (χ3n) is 4.10. The Kier molecular flexibility index (Phi) is 4.29. The van der Waals surface area contributed by atoms with Gasteiger partial charge >= 0.3 is 0 Å². The van der Waals surface area contributed by atoms with Gasteiger partial charge in [0.1, 0.15) is 6.54 Å². The van der Waals surface area contributed by atoms with Gasteiger partial charge in [-0.2, -0.15) is 0 Å². The van der Waals surface area contributed by atoms with Crippen molar-refractivity contribution in [1.29, 1.82) is 0 Å². The van der Waals surface area contributed by atoms with Crippen LogP contribution in [-0.4, -0.2) is 34.4 Å². The average Bonchev–Trinajstić information content (AvgIpc) is 3.07. The minimum Gasteiger partial charge on any atom is -0.376 e. The van der Waals surface area contributed by atoms with Crippen molar-refractivity contribution in [3.05, 3.63) is 45.0 Å². The summed E-state index contributed by atoms with van der Waals surface area (Å²) in [4.78, 5) is 36.5. The van der Waals surface area contributed by atoms with Gasteiger partial charge in [-0.3, -0.25) is 19.5 Å². The van der Waals surface area contributed by atoms with Crippen molar-refractivity contribution in [2.24, 2.45) is 0 Å². The van der Waals surface area contributed by atoms with E-state index in [2.05, 4.69) is 10.4 Å². The summed E-state index contributed by atoms with van der Waals surface area (Å²) in [6.45, 7) is 2.36. The van der Waals surface area contributed by atoms with Gasteiger partial charge in [-0.05, 0) is 31.9 Å². The lowest BCUT2D eigenvalue weighted by molar-refractivity contribution is -0.123. The zero-order valence-electron chi connectivity index (χ0n) is 12.9. The summed E-state index contributed by atoms with van der Waals surface area (Å²) in [5, 5.41) is 5.89. The maximum atomic E-state index is 12.3. The first-order chi connectivity index (χ1) is 11.1. The number of H-pyrrole nitrogens is 1. The Bertz CT molecular complexity index is 833. The van der Waals surface area contributed by atoms with Crippen LogP contribution < -0.4 is 16.4 Å². The van der Waals surface area contributed by atoms with Gasteiger partial charge in [0.15, 0.2) is 0 Å². The first-order valence-corrected chi connectivity index (χ1v) is 7.69. The van der Waals surface area contributed by atoms with Crippen molar-refractivity contribution in [2.75, 3.05) is 6.61 Å². The molecule has 1 aliphatic rings. The lowest BCUT2D eigenvalue weighted by atomic mass is 10.1. The average molecular weight is 317 g/mol. The van der Waals surface area contributed by atoms with Crippen LogP contribution in [-0.2, 0) is 16.1 Å². The molecule has 0 bridgehead atoms. The fourth-order valence-corrected chi connectivity index (χ4v) is 2.89. The number of amides is 1. The largest absolute Gasteiger partial charge is 0.376 e. The molecular formula is C16H19N3O4. The van der Waals surface area contributed by atoms with Crippen molar-refractivity contribution in [3.63, 3.8) is 0 Å². The van der Waals surface area contributed by atoms with Crippen LogP contribution in [0.25, 0.3) is 10.8 Å². The Balaban J connectivity index is 1.78. The van der Waals surface area contributed by atoms with Gasteiger partial charge in [0, 0.05) is 6.61 Å². The first kappa shape index (κ1) is 15.5. The second kappa shape index (κ2) is 6.37. The topological polar surface area (TPSA) is 93.2 Å². The van der Waals surface area contributed by atoms with Gasteiger partial charge in [0.25, 0.3) is 11.1 Å². The number of aromatic amines is 1. The number of ether oxygens (including phenoxy) is 1. The summed E-state index contributed by atoms with van der Waals surface area (Å²) in [5.74, 6) is -0.332. The number of nitrogens with zero attached hydrogens (tertiary/aromatic N) is 1. The molecule has 2 heterocycles. The van der Waals surface area contributed by atoms with Crippen LogP contribution in [0.15, 0.2) is 33.9 Å². The Hall–Kier alpha value is -2.41. The molecule has 23 heavy (non-hydrogen) atoms. The molecule has 1 amide bonds. The minimum absolute atomic E-state index is 0.00586. The summed E-state index contributed by atoms with van der Waals surface area (Å²) in [6, 6.07) is 6.41. The van der Waals surface area contributed by atoms with Gasteiger partial charge in [0.2, 0.25) is 5.91 Å². The lowest BCUT2D eigenvalue weighted by Gasteiger charge is -2.20. The summed E-state index contributed by atoms with van der Waals surface area (Å²) in [6.07, 6.45) is 1.91. The number of fused-ring (bicyclic) bond motifs is 1. The molecule has 2 N–H and O–H groups in total. The highest BCUT2D eigenvalue weighted by Crippen LogP contribution is 2.15. The molecule has 1 aromatic heterocycles. The number of nitrogens with one attached hydrogen (secondary N) is 2. The van der Waals surface area contributed by atoms with Crippen LogP contribution in [0.4, 0.5) is 0 Å². The Morgan fingerprint density at radius 1 is 1.39 bits per heavy atom. The molecule has 7 heteroatoms. The van der Waals surface area contributed by atoms with Crippen LogP contribution in [0.5, 0.6) is 0 Å². The van der Waals surface area contributed by atoms with Gasteiger partial charge in [-0.25, -0.2) is 4.68 Å². The van der Waals surface area contributed by atoms with Gasteiger partial charge < -0.3 is 10.1 Å². The van der Waals surface area contributed by atoms with Gasteiger partial charge in [-0.15, -0.1) is 0 Å². The Morgan fingerprint density at radius 2 is 2.13 bits per heavy atom. The van der Waals surface area contributed by atoms with E-state index in [9.17, 15) is 14.4 Å². The maximum absolute atomic E-state index is 12.3. The van der Waals surface area contributed by atoms with E-state index in [4.69, 9.17) is 4.74 Å². The predicted molar refractivity (Wildman–Crippen MR) is 85.4 cm³/mol. The molecule has 0 spiro atoms. The van der Waals surface area contributed by atoms with Crippen LogP contribution in [0.3, 0.4) is 0 Å². The van der Waals surface area contributed by atoms with Crippen LogP contribution in [0, 0.1) is 0 Å². The van der Waals surface area contributed by atoms with Crippen molar-refractivity contribution in [1.82, 2.24) is 15.1 Å². The SMILES string of the molecule is C[C@H](NC(=O)Cn1[nH]c(=O)c2ccccc2c1=O)[C@H]1CCCO1. The van der Waals surface area contributed by atoms with E-state index in [1.807, 2.05) is 6.92 Å². The molecule has 0 aliphatic carbocycles. The second-order valence-electron chi connectivity index (χ2n) is 5.79. The van der Waals surface area contributed by atoms with Crippen molar-refractivity contribution < 1.29 is 9.53 Å². The van der Waals surface area contributed by atoms with Crippen molar-refractivity contribution >= 4 is 16.7 Å². The molecule has 0 unspecified atom stereocenters. The zero-order valence-corrected chi connectivity index (χ0v) is 12.9. The first-order valence-electron chi connectivity index (χ1n) is 7.69. The quantitative estimate of drug-likeness (QED) is 0.852.